The summed E-state index contributed by atoms with van der Waals surface area (Å²) in [5.74, 6) is -0.347. The molecule has 1 fully saturated rings. The quantitative estimate of drug-likeness (QED) is 0.122. The summed E-state index contributed by atoms with van der Waals surface area (Å²) in [5.41, 5.74) is 1.54. The molecule has 14 heteroatoms. The average molecular weight is 706 g/mol. The Morgan fingerprint density at radius 2 is 1.35 bits per heavy atom. The van der Waals surface area contributed by atoms with E-state index in [1.54, 1.807) is 29.2 Å². The Bertz CT molecular complexity index is 1240. The Hall–Kier alpha value is -3.24. The van der Waals surface area contributed by atoms with Crippen molar-refractivity contribution in [2.45, 2.75) is 43.9 Å². The highest BCUT2D eigenvalue weighted by Crippen LogP contribution is 2.31. The van der Waals surface area contributed by atoms with Gasteiger partial charge in [0.25, 0.3) is 5.91 Å². The molecule has 272 valence electrons. The summed E-state index contributed by atoms with van der Waals surface area (Å²) in [5, 5.41) is 11.0. The minimum Gasteiger partial charge on any atom is -0.593 e. The largest absolute Gasteiger partial charge is 0.593 e. The van der Waals surface area contributed by atoms with Crippen LogP contribution in [0.1, 0.15) is 54.9 Å². The van der Waals surface area contributed by atoms with Gasteiger partial charge >= 0.3 is 5.97 Å². The van der Waals surface area contributed by atoms with E-state index < -0.39 is 29.8 Å². The molecule has 1 heterocycles. The molecule has 0 aromatic heterocycles. The molecule has 0 radical (unpaired) electrons. The molecule has 2 N–H and O–H groups in total. The molecule has 3 rings (SSSR count). The molecule has 0 saturated carbocycles. The van der Waals surface area contributed by atoms with E-state index in [2.05, 4.69) is 17.4 Å². The zero-order chi connectivity index (χ0) is 35.3. The third kappa shape index (κ3) is 15.0. The summed E-state index contributed by atoms with van der Waals surface area (Å²) < 4.78 is 42.9. The highest BCUT2D eigenvalue weighted by molar-refractivity contribution is 7.89. The van der Waals surface area contributed by atoms with Crippen LogP contribution in [0.4, 0.5) is 0 Å². The number of rotatable bonds is 24. The topological polar surface area (TPSA) is 159 Å². The van der Waals surface area contributed by atoms with Gasteiger partial charge in [-0.2, -0.15) is 0 Å². The van der Waals surface area contributed by atoms with Gasteiger partial charge in [-0.25, -0.2) is 0 Å². The van der Waals surface area contributed by atoms with E-state index in [0.717, 1.165) is 31.7 Å². The van der Waals surface area contributed by atoms with Crippen LogP contribution in [0, 0.1) is 0 Å². The van der Waals surface area contributed by atoms with Crippen molar-refractivity contribution in [2.24, 2.45) is 0 Å². The van der Waals surface area contributed by atoms with Crippen molar-refractivity contribution in [3.63, 3.8) is 0 Å². The number of carboxylic acids is 1. The first-order valence-electron chi connectivity index (χ1n) is 16.9. The molecule has 1 aliphatic heterocycles. The second-order valence-corrected chi connectivity index (χ2v) is 12.7. The third-order valence-corrected chi connectivity index (χ3v) is 9.46. The number of amides is 2. The van der Waals surface area contributed by atoms with Crippen LogP contribution in [0.25, 0.3) is 0 Å². The van der Waals surface area contributed by atoms with E-state index in [-0.39, 0.29) is 5.91 Å². The number of carbonyl (C=O) groups is 3. The maximum absolute atomic E-state index is 13.1. The van der Waals surface area contributed by atoms with Crippen molar-refractivity contribution in [2.75, 3.05) is 92.2 Å². The maximum atomic E-state index is 13.1. The molecule has 0 spiro atoms. The zero-order valence-corrected chi connectivity index (χ0v) is 29.5. The number of carboxylic acid groups (broad SMARTS) is 1. The zero-order valence-electron chi connectivity index (χ0n) is 28.6. The Balaban J connectivity index is 1.18. The SMILES string of the molecule is CCN(CC)C(=O)CCOCCOCCOCCOCCOc1ccc(C2CCN([S+]([O-])c3ccc(C(=O)NCC(=O)O)cc3)CC2)cc1. The smallest absolute Gasteiger partial charge is 0.322 e. The predicted molar refractivity (Wildman–Crippen MR) is 184 cm³/mol. The van der Waals surface area contributed by atoms with Crippen molar-refractivity contribution >= 4 is 29.1 Å². The lowest BCUT2D eigenvalue weighted by atomic mass is 9.90. The number of ether oxygens (including phenoxy) is 5. The number of nitrogens with one attached hydrogen (secondary N) is 1. The minimum atomic E-state index is -1.34. The number of benzene rings is 2. The molecular formula is C35H51N3O10S. The fourth-order valence-electron chi connectivity index (χ4n) is 5.20. The summed E-state index contributed by atoms with van der Waals surface area (Å²) in [6, 6.07) is 14.5. The van der Waals surface area contributed by atoms with Crippen molar-refractivity contribution in [1.29, 1.82) is 0 Å². The first kappa shape index (κ1) is 40.2. The van der Waals surface area contributed by atoms with Crippen LogP contribution < -0.4 is 10.1 Å². The number of hydrogen-bond acceptors (Lipinski definition) is 10. The summed E-state index contributed by atoms with van der Waals surface area (Å²) in [6.45, 7) is 10.3. The van der Waals surface area contributed by atoms with Crippen LogP contribution in [0.3, 0.4) is 0 Å². The van der Waals surface area contributed by atoms with E-state index in [4.69, 9.17) is 28.8 Å². The molecule has 1 aliphatic rings. The summed E-state index contributed by atoms with van der Waals surface area (Å²) in [7, 11) is 0. The molecule has 1 saturated heterocycles. The number of aliphatic carboxylic acids is 1. The Morgan fingerprint density at radius 1 is 0.816 bits per heavy atom. The first-order chi connectivity index (χ1) is 23.8. The maximum Gasteiger partial charge on any atom is 0.322 e. The molecule has 2 aromatic carbocycles. The third-order valence-electron chi connectivity index (χ3n) is 7.95. The lowest BCUT2D eigenvalue weighted by Gasteiger charge is -2.31. The normalized spacial score (nSPS) is 14.3. The van der Waals surface area contributed by atoms with E-state index in [1.807, 2.05) is 30.3 Å². The van der Waals surface area contributed by atoms with Crippen LogP contribution in [0.5, 0.6) is 5.75 Å². The van der Waals surface area contributed by atoms with Gasteiger partial charge in [-0.15, -0.1) is 4.31 Å². The van der Waals surface area contributed by atoms with Crippen LogP contribution in [0.15, 0.2) is 53.4 Å². The van der Waals surface area contributed by atoms with Gasteiger partial charge < -0.3 is 43.6 Å². The van der Waals surface area contributed by atoms with Gasteiger partial charge in [-0.05, 0) is 74.6 Å². The Labute approximate surface area is 292 Å². The van der Waals surface area contributed by atoms with E-state index in [9.17, 15) is 18.9 Å². The van der Waals surface area contributed by atoms with Gasteiger partial charge in [0.05, 0.1) is 70.6 Å². The van der Waals surface area contributed by atoms with Crippen molar-refractivity contribution in [3.05, 3.63) is 59.7 Å². The lowest BCUT2D eigenvalue weighted by Crippen LogP contribution is -2.37. The molecule has 2 aromatic rings. The summed E-state index contributed by atoms with van der Waals surface area (Å²) in [4.78, 5) is 37.0. The van der Waals surface area contributed by atoms with E-state index in [0.29, 0.717) is 95.3 Å². The molecule has 49 heavy (non-hydrogen) atoms. The van der Waals surface area contributed by atoms with Crippen molar-refractivity contribution in [1.82, 2.24) is 14.5 Å². The number of hydrogen-bond donors (Lipinski definition) is 2. The average Bonchev–Trinajstić information content (AvgIpc) is 3.12. The minimum absolute atomic E-state index is 0.111. The molecule has 1 unspecified atom stereocenters. The van der Waals surface area contributed by atoms with Gasteiger partial charge in [-0.3, -0.25) is 14.4 Å². The van der Waals surface area contributed by atoms with Gasteiger partial charge in [0.2, 0.25) is 5.91 Å². The molecule has 0 bridgehead atoms. The fourth-order valence-corrected chi connectivity index (χ4v) is 6.40. The van der Waals surface area contributed by atoms with E-state index in [1.165, 1.54) is 5.56 Å². The molecule has 13 nitrogen and oxygen atoms in total. The van der Waals surface area contributed by atoms with E-state index >= 15 is 0 Å². The molecule has 0 aliphatic carbocycles. The number of piperidine rings is 1. The summed E-state index contributed by atoms with van der Waals surface area (Å²) >= 11 is -1.34. The van der Waals surface area contributed by atoms with Crippen LogP contribution >= 0.6 is 0 Å². The van der Waals surface area contributed by atoms with Crippen LogP contribution in [0.2, 0.25) is 0 Å². The van der Waals surface area contributed by atoms with Crippen LogP contribution in [-0.4, -0.2) is 129 Å². The highest BCUT2D eigenvalue weighted by Gasteiger charge is 2.29. The monoisotopic (exact) mass is 705 g/mol. The second-order valence-electron chi connectivity index (χ2n) is 11.2. The first-order valence-corrected chi connectivity index (χ1v) is 18.0. The predicted octanol–water partition coefficient (Wildman–Crippen LogP) is 3.11. The van der Waals surface area contributed by atoms with Gasteiger partial charge in [-0.1, -0.05) is 12.1 Å². The van der Waals surface area contributed by atoms with Crippen molar-refractivity contribution in [3.8, 4) is 5.75 Å². The van der Waals surface area contributed by atoms with Crippen molar-refractivity contribution < 1.29 is 47.7 Å². The molecule has 2 amide bonds. The highest BCUT2D eigenvalue weighted by atomic mass is 32.2. The molecular weight excluding hydrogens is 654 g/mol. The van der Waals surface area contributed by atoms with Gasteiger partial charge in [0, 0.05) is 31.7 Å². The second kappa shape index (κ2) is 23.2. The molecule has 1 atom stereocenters. The van der Waals surface area contributed by atoms with Gasteiger partial charge in [0.1, 0.15) is 18.9 Å². The van der Waals surface area contributed by atoms with Crippen LogP contribution in [-0.2, 0) is 39.9 Å². The Morgan fingerprint density at radius 3 is 1.88 bits per heavy atom. The summed E-state index contributed by atoms with van der Waals surface area (Å²) in [6.07, 6.45) is 2.14. The Kier molecular flexibility index (Phi) is 19.0. The standard InChI is InChI=1S/C35H51N3O10S/c1-3-37(4-2)33(39)15-18-44-19-20-45-21-22-46-23-24-47-25-26-48-31-9-5-28(6-10-31)29-13-16-38(17-14-29)49(43)32-11-7-30(8-12-32)35(42)36-27-34(40)41/h5-12,29H,3-4,13-27H2,1-2H3,(H,36,42)(H,40,41). The van der Waals surface area contributed by atoms with Gasteiger partial charge in [0.15, 0.2) is 4.90 Å². The number of carbonyl (C=O) groups excluding carboxylic acids is 2. The number of nitrogens with zero attached hydrogens (tertiary/aromatic N) is 2. The lowest BCUT2D eigenvalue weighted by molar-refractivity contribution is -0.136. The fraction of sp³-hybridized carbons (Fsp3) is 0.571.